The Balaban J connectivity index is 1.80. The molecular weight excluding hydrogens is 312 g/mol. The highest BCUT2D eigenvalue weighted by Crippen LogP contribution is 2.38. The summed E-state index contributed by atoms with van der Waals surface area (Å²) in [6, 6.07) is 7.96. The van der Waals surface area contributed by atoms with Gasteiger partial charge in [0.2, 0.25) is 0 Å². The minimum absolute atomic E-state index is 0.535. The molecule has 140 valence electrons. The summed E-state index contributed by atoms with van der Waals surface area (Å²) in [6.07, 6.45) is 10.1. The molecule has 1 fully saturated rings. The van der Waals surface area contributed by atoms with Crippen molar-refractivity contribution in [2.75, 3.05) is 0 Å². The zero-order chi connectivity index (χ0) is 18.3. The largest absolute Gasteiger partial charge is 0.514 e. The van der Waals surface area contributed by atoms with Gasteiger partial charge in [0.15, 0.2) is 0 Å². The van der Waals surface area contributed by atoms with Gasteiger partial charge in [0.05, 0.1) is 0 Å². The van der Waals surface area contributed by atoms with Crippen LogP contribution in [0.4, 0.5) is 4.79 Å². The van der Waals surface area contributed by atoms with Gasteiger partial charge in [-0.25, -0.2) is 4.79 Å². The highest BCUT2D eigenvalue weighted by Gasteiger charge is 2.22. The highest BCUT2D eigenvalue weighted by atomic mass is 16.7. The van der Waals surface area contributed by atoms with Crippen LogP contribution in [-0.2, 0) is 4.74 Å². The minimum atomic E-state index is -0.646. The first kappa shape index (κ1) is 19.8. The molecule has 0 N–H and O–H groups in total. The Kier molecular flexibility index (Phi) is 7.34. The van der Waals surface area contributed by atoms with E-state index in [4.69, 9.17) is 9.47 Å². The van der Waals surface area contributed by atoms with Crippen molar-refractivity contribution >= 4 is 6.16 Å². The maximum Gasteiger partial charge on any atom is 0.514 e. The Hall–Kier alpha value is -1.51. The molecule has 1 aromatic rings. The van der Waals surface area contributed by atoms with Crippen LogP contribution in [0.3, 0.4) is 0 Å². The lowest BCUT2D eigenvalue weighted by Crippen LogP contribution is -2.25. The van der Waals surface area contributed by atoms with E-state index >= 15 is 0 Å². The molecule has 1 aliphatic carbocycles. The predicted molar refractivity (Wildman–Crippen MR) is 102 cm³/mol. The van der Waals surface area contributed by atoms with Crippen molar-refractivity contribution in [1.82, 2.24) is 0 Å². The van der Waals surface area contributed by atoms with E-state index in [0.29, 0.717) is 11.7 Å². The number of carbonyl (C=O) groups is 1. The van der Waals surface area contributed by atoms with Crippen LogP contribution in [0.15, 0.2) is 24.3 Å². The Labute approximate surface area is 153 Å². The molecule has 0 aromatic heterocycles. The van der Waals surface area contributed by atoms with Crippen molar-refractivity contribution in [3.63, 3.8) is 0 Å². The second kappa shape index (κ2) is 9.26. The van der Waals surface area contributed by atoms with Gasteiger partial charge in [-0.05, 0) is 76.0 Å². The van der Waals surface area contributed by atoms with Crippen LogP contribution in [0, 0.1) is 5.92 Å². The van der Waals surface area contributed by atoms with Crippen LogP contribution >= 0.6 is 0 Å². The Bertz CT molecular complexity index is 519. The van der Waals surface area contributed by atoms with E-state index in [2.05, 4.69) is 19.1 Å². The van der Waals surface area contributed by atoms with Crippen molar-refractivity contribution in [2.45, 2.75) is 90.6 Å². The van der Waals surface area contributed by atoms with Crippen molar-refractivity contribution in [1.29, 1.82) is 0 Å². The van der Waals surface area contributed by atoms with Gasteiger partial charge in [0.1, 0.15) is 11.4 Å². The number of hydrogen-bond acceptors (Lipinski definition) is 3. The monoisotopic (exact) mass is 346 g/mol. The van der Waals surface area contributed by atoms with Crippen LogP contribution in [0.2, 0.25) is 0 Å². The smallest absolute Gasteiger partial charge is 0.428 e. The fourth-order valence-electron chi connectivity index (χ4n) is 3.64. The second-order valence-corrected chi connectivity index (χ2v) is 8.35. The lowest BCUT2D eigenvalue weighted by Gasteiger charge is -2.29. The molecule has 1 aliphatic rings. The summed E-state index contributed by atoms with van der Waals surface area (Å²) in [5, 5.41) is 0. The quantitative estimate of drug-likeness (QED) is 0.321. The minimum Gasteiger partial charge on any atom is -0.428 e. The number of ether oxygens (including phenoxy) is 2. The summed E-state index contributed by atoms with van der Waals surface area (Å²) in [4.78, 5) is 11.7. The maximum absolute atomic E-state index is 11.7. The van der Waals surface area contributed by atoms with Crippen molar-refractivity contribution in [3.8, 4) is 5.75 Å². The van der Waals surface area contributed by atoms with Gasteiger partial charge in [-0.2, -0.15) is 0 Å². The zero-order valence-corrected chi connectivity index (χ0v) is 16.3. The van der Waals surface area contributed by atoms with Crippen LogP contribution in [0.5, 0.6) is 5.75 Å². The van der Waals surface area contributed by atoms with E-state index < -0.39 is 11.8 Å². The highest BCUT2D eigenvalue weighted by molar-refractivity contribution is 5.64. The topological polar surface area (TPSA) is 35.5 Å². The lowest BCUT2D eigenvalue weighted by atomic mass is 9.77. The molecule has 25 heavy (non-hydrogen) atoms. The Morgan fingerprint density at radius 3 is 2.24 bits per heavy atom. The van der Waals surface area contributed by atoms with Crippen LogP contribution in [0.25, 0.3) is 0 Å². The van der Waals surface area contributed by atoms with Crippen LogP contribution in [0.1, 0.15) is 90.5 Å². The molecule has 0 heterocycles. The molecule has 1 aromatic carbocycles. The molecule has 3 heteroatoms. The fourth-order valence-corrected chi connectivity index (χ4v) is 3.64. The average molecular weight is 347 g/mol. The second-order valence-electron chi connectivity index (χ2n) is 8.35. The summed E-state index contributed by atoms with van der Waals surface area (Å²) < 4.78 is 10.4. The first-order valence-corrected chi connectivity index (χ1v) is 9.88. The number of unbranched alkanes of at least 4 members (excludes halogenated alkanes) is 2. The normalized spacial score (nSPS) is 21.0. The Morgan fingerprint density at radius 2 is 1.68 bits per heavy atom. The van der Waals surface area contributed by atoms with Gasteiger partial charge in [0.25, 0.3) is 0 Å². The third-order valence-corrected chi connectivity index (χ3v) is 5.00. The average Bonchev–Trinajstić information content (AvgIpc) is 2.55. The fraction of sp³-hybridized carbons (Fsp3) is 0.682. The van der Waals surface area contributed by atoms with E-state index in [1.54, 1.807) is 0 Å². The summed E-state index contributed by atoms with van der Waals surface area (Å²) in [6.45, 7) is 7.76. The molecule has 0 unspecified atom stereocenters. The van der Waals surface area contributed by atoms with E-state index in [0.717, 1.165) is 5.92 Å². The maximum atomic E-state index is 11.7. The summed E-state index contributed by atoms with van der Waals surface area (Å²) in [5.74, 6) is 2.13. The lowest BCUT2D eigenvalue weighted by molar-refractivity contribution is 0.0206. The van der Waals surface area contributed by atoms with Crippen LogP contribution in [-0.4, -0.2) is 11.8 Å². The third-order valence-electron chi connectivity index (χ3n) is 5.00. The van der Waals surface area contributed by atoms with Gasteiger partial charge in [-0.15, -0.1) is 0 Å². The SMILES string of the molecule is CCCCCC1CCC(c2ccc(OC(=O)OC(C)(C)C)cc2)CC1. The van der Waals surface area contributed by atoms with Crippen molar-refractivity contribution in [2.24, 2.45) is 5.92 Å². The third kappa shape index (κ3) is 7.09. The molecule has 0 saturated heterocycles. The first-order chi connectivity index (χ1) is 11.9. The molecule has 3 nitrogen and oxygen atoms in total. The molecule has 0 spiro atoms. The van der Waals surface area contributed by atoms with Crippen molar-refractivity contribution in [3.05, 3.63) is 29.8 Å². The van der Waals surface area contributed by atoms with Gasteiger partial charge in [0, 0.05) is 0 Å². The number of rotatable bonds is 6. The summed E-state index contributed by atoms with van der Waals surface area (Å²) >= 11 is 0. The molecule has 0 amide bonds. The van der Waals surface area contributed by atoms with Gasteiger partial charge >= 0.3 is 6.16 Å². The number of benzene rings is 1. The van der Waals surface area contributed by atoms with E-state index in [9.17, 15) is 4.79 Å². The summed E-state index contributed by atoms with van der Waals surface area (Å²) in [5.41, 5.74) is 0.829. The molecule has 0 radical (unpaired) electrons. The predicted octanol–water partition coefficient (Wildman–Crippen LogP) is 6.85. The number of carbonyl (C=O) groups excluding carboxylic acids is 1. The van der Waals surface area contributed by atoms with Crippen molar-refractivity contribution < 1.29 is 14.3 Å². The van der Waals surface area contributed by atoms with Gasteiger partial charge in [-0.1, -0.05) is 44.7 Å². The molecule has 0 bridgehead atoms. The molecular formula is C22H34O3. The zero-order valence-electron chi connectivity index (χ0n) is 16.3. The molecule has 1 saturated carbocycles. The van der Waals surface area contributed by atoms with E-state index in [1.165, 1.54) is 56.9 Å². The van der Waals surface area contributed by atoms with E-state index in [-0.39, 0.29) is 0 Å². The van der Waals surface area contributed by atoms with Crippen LogP contribution < -0.4 is 4.74 Å². The first-order valence-electron chi connectivity index (χ1n) is 9.88. The number of hydrogen-bond donors (Lipinski definition) is 0. The molecule has 0 aliphatic heterocycles. The van der Waals surface area contributed by atoms with Gasteiger partial charge in [-0.3, -0.25) is 0 Å². The molecule has 2 rings (SSSR count). The van der Waals surface area contributed by atoms with Gasteiger partial charge < -0.3 is 9.47 Å². The molecule has 0 atom stereocenters. The standard InChI is InChI=1S/C22H34O3/c1-5-6-7-8-17-9-11-18(12-10-17)19-13-15-20(16-14-19)24-21(23)25-22(2,3)4/h13-18H,5-12H2,1-4H3. The van der Waals surface area contributed by atoms with E-state index in [1.807, 2.05) is 32.9 Å². The Morgan fingerprint density at radius 1 is 1.04 bits per heavy atom. The summed E-state index contributed by atoms with van der Waals surface area (Å²) in [7, 11) is 0.